The van der Waals surface area contributed by atoms with E-state index in [2.05, 4.69) is 24.5 Å². The average molecular weight is 248 g/mol. The van der Waals surface area contributed by atoms with Crippen LogP contribution in [0.5, 0.6) is 5.75 Å². The van der Waals surface area contributed by atoms with Crippen LogP contribution in [0.15, 0.2) is 18.2 Å². The summed E-state index contributed by atoms with van der Waals surface area (Å²) < 4.78 is 5.29. The highest BCUT2D eigenvalue weighted by atomic mass is 16.5. The highest BCUT2D eigenvalue weighted by molar-refractivity contribution is 5.89. The molecule has 1 aliphatic rings. The number of hydrogen-bond acceptors (Lipinski definition) is 3. The average Bonchev–Trinajstić information content (AvgIpc) is 2.79. The van der Waals surface area contributed by atoms with E-state index in [0.717, 1.165) is 17.0 Å². The predicted molar refractivity (Wildman–Crippen MR) is 72.1 cm³/mol. The molecule has 2 rings (SSSR count). The van der Waals surface area contributed by atoms with Gasteiger partial charge in [-0.3, -0.25) is 4.79 Å². The molecule has 98 valence electrons. The Bertz CT molecular complexity index is 443. The first-order valence-corrected chi connectivity index (χ1v) is 6.32. The van der Waals surface area contributed by atoms with Gasteiger partial charge >= 0.3 is 0 Å². The first kappa shape index (κ1) is 12.7. The van der Waals surface area contributed by atoms with Crippen LogP contribution in [-0.2, 0) is 4.79 Å². The minimum Gasteiger partial charge on any atom is -0.495 e. The lowest BCUT2D eigenvalue weighted by atomic mass is 10.00. The van der Waals surface area contributed by atoms with E-state index in [-0.39, 0.29) is 11.8 Å². The molecule has 4 heteroatoms. The van der Waals surface area contributed by atoms with E-state index in [9.17, 15) is 4.79 Å². The van der Waals surface area contributed by atoms with E-state index >= 15 is 0 Å². The van der Waals surface area contributed by atoms with E-state index in [4.69, 9.17) is 4.74 Å². The number of nitrogens with one attached hydrogen (secondary N) is 2. The Kier molecular flexibility index (Phi) is 3.75. The maximum atomic E-state index is 12.1. The third-order valence-electron chi connectivity index (χ3n) is 3.14. The number of rotatable bonds is 4. The SMILES string of the molecule is COc1cccc2c1NCC2C(=O)NCC(C)C. The molecule has 1 aromatic rings. The third-order valence-corrected chi connectivity index (χ3v) is 3.14. The van der Waals surface area contributed by atoms with Crippen molar-refractivity contribution in [2.75, 3.05) is 25.5 Å². The van der Waals surface area contributed by atoms with Crippen LogP contribution in [0.1, 0.15) is 25.3 Å². The summed E-state index contributed by atoms with van der Waals surface area (Å²) in [5, 5.41) is 6.24. The van der Waals surface area contributed by atoms with Crippen LogP contribution >= 0.6 is 0 Å². The summed E-state index contributed by atoms with van der Waals surface area (Å²) in [6, 6.07) is 5.81. The van der Waals surface area contributed by atoms with Crippen molar-refractivity contribution in [2.45, 2.75) is 19.8 Å². The van der Waals surface area contributed by atoms with Gasteiger partial charge in [0.25, 0.3) is 0 Å². The van der Waals surface area contributed by atoms with Gasteiger partial charge in [-0.15, -0.1) is 0 Å². The zero-order chi connectivity index (χ0) is 13.1. The molecule has 0 fully saturated rings. The monoisotopic (exact) mass is 248 g/mol. The lowest BCUT2D eigenvalue weighted by molar-refractivity contribution is -0.122. The van der Waals surface area contributed by atoms with Crippen molar-refractivity contribution < 1.29 is 9.53 Å². The number of carbonyl (C=O) groups is 1. The zero-order valence-corrected chi connectivity index (χ0v) is 11.1. The Morgan fingerprint density at radius 1 is 1.56 bits per heavy atom. The van der Waals surface area contributed by atoms with Gasteiger partial charge in [-0.1, -0.05) is 26.0 Å². The smallest absolute Gasteiger partial charge is 0.229 e. The second kappa shape index (κ2) is 5.29. The van der Waals surface area contributed by atoms with E-state index in [1.165, 1.54) is 0 Å². The molecule has 18 heavy (non-hydrogen) atoms. The van der Waals surface area contributed by atoms with Gasteiger partial charge in [0.1, 0.15) is 5.75 Å². The van der Waals surface area contributed by atoms with E-state index < -0.39 is 0 Å². The Morgan fingerprint density at radius 2 is 2.33 bits per heavy atom. The highest BCUT2D eigenvalue weighted by Gasteiger charge is 2.30. The summed E-state index contributed by atoms with van der Waals surface area (Å²) in [7, 11) is 1.64. The summed E-state index contributed by atoms with van der Waals surface area (Å²) in [4.78, 5) is 12.1. The van der Waals surface area contributed by atoms with Crippen molar-refractivity contribution in [2.24, 2.45) is 5.92 Å². The number of benzene rings is 1. The summed E-state index contributed by atoms with van der Waals surface area (Å²) >= 11 is 0. The summed E-state index contributed by atoms with van der Waals surface area (Å²) in [6.07, 6.45) is 0. The fourth-order valence-electron chi connectivity index (χ4n) is 2.17. The van der Waals surface area contributed by atoms with Crippen LogP contribution in [0.25, 0.3) is 0 Å². The zero-order valence-electron chi connectivity index (χ0n) is 11.1. The molecular formula is C14H20N2O2. The lowest BCUT2D eigenvalue weighted by Crippen LogP contribution is -2.32. The normalized spacial score (nSPS) is 17.2. The van der Waals surface area contributed by atoms with Crippen LogP contribution < -0.4 is 15.4 Å². The second-order valence-corrected chi connectivity index (χ2v) is 5.00. The molecule has 1 unspecified atom stereocenters. The molecule has 0 spiro atoms. The van der Waals surface area contributed by atoms with Gasteiger partial charge in [0.05, 0.1) is 18.7 Å². The van der Waals surface area contributed by atoms with Crippen molar-refractivity contribution in [3.63, 3.8) is 0 Å². The molecular weight excluding hydrogens is 228 g/mol. The van der Waals surface area contributed by atoms with Crippen LogP contribution in [0.4, 0.5) is 5.69 Å². The van der Waals surface area contributed by atoms with Gasteiger partial charge in [0, 0.05) is 13.1 Å². The number of anilines is 1. The fourth-order valence-corrected chi connectivity index (χ4v) is 2.17. The number of fused-ring (bicyclic) bond motifs is 1. The van der Waals surface area contributed by atoms with Crippen LogP contribution in [0.2, 0.25) is 0 Å². The minimum atomic E-state index is -0.117. The number of hydrogen-bond donors (Lipinski definition) is 2. The lowest BCUT2D eigenvalue weighted by Gasteiger charge is -2.13. The molecule has 4 nitrogen and oxygen atoms in total. The number of para-hydroxylation sites is 1. The summed E-state index contributed by atoms with van der Waals surface area (Å²) in [6.45, 7) is 5.53. The quantitative estimate of drug-likeness (QED) is 0.856. The Hall–Kier alpha value is -1.71. The first-order valence-electron chi connectivity index (χ1n) is 6.32. The fraction of sp³-hybridized carbons (Fsp3) is 0.500. The molecule has 1 atom stereocenters. The second-order valence-electron chi connectivity index (χ2n) is 5.00. The van der Waals surface area contributed by atoms with Crippen LogP contribution in [0, 0.1) is 5.92 Å². The Labute approximate surface area is 108 Å². The Balaban J connectivity index is 2.14. The van der Waals surface area contributed by atoms with Crippen LogP contribution in [0.3, 0.4) is 0 Å². The molecule has 0 aromatic heterocycles. The van der Waals surface area contributed by atoms with Gasteiger partial charge in [-0.2, -0.15) is 0 Å². The summed E-state index contributed by atoms with van der Waals surface area (Å²) in [5.41, 5.74) is 1.97. The van der Waals surface area contributed by atoms with Gasteiger partial charge in [0.15, 0.2) is 0 Å². The van der Waals surface area contributed by atoms with E-state index in [1.807, 2.05) is 18.2 Å². The first-order chi connectivity index (χ1) is 8.63. The van der Waals surface area contributed by atoms with Gasteiger partial charge in [0.2, 0.25) is 5.91 Å². The number of ether oxygens (including phenoxy) is 1. The standard InChI is InChI=1S/C14H20N2O2/c1-9(2)7-16-14(17)11-8-15-13-10(11)5-4-6-12(13)18-3/h4-6,9,11,15H,7-8H2,1-3H3,(H,16,17). The molecule has 1 aliphatic heterocycles. The van der Waals surface area contributed by atoms with Gasteiger partial charge in [-0.25, -0.2) is 0 Å². The molecule has 0 aliphatic carbocycles. The van der Waals surface area contributed by atoms with Crippen molar-refractivity contribution in [1.82, 2.24) is 5.32 Å². The predicted octanol–water partition coefficient (Wildman–Crippen LogP) is 1.98. The molecule has 2 N–H and O–H groups in total. The molecule has 1 aromatic carbocycles. The van der Waals surface area contributed by atoms with Gasteiger partial charge in [-0.05, 0) is 17.5 Å². The number of methoxy groups -OCH3 is 1. The van der Waals surface area contributed by atoms with Crippen molar-refractivity contribution in [1.29, 1.82) is 0 Å². The highest BCUT2D eigenvalue weighted by Crippen LogP contribution is 2.38. The van der Waals surface area contributed by atoms with E-state index in [1.54, 1.807) is 7.11 Å². The van der Waals surface area contributed by atoms with Crippen molar-refractivity contribution in [3.05, 3.63) is 23.8 Å². The summed E-state index contributed by atoms with van der Waals surface area (Å²) in [5.74, 6) is 1.23. The molecule has 0 saturated carbocycles. The molecule has 1 amide bonds. The van der Waals surface area contributed by atoms with Gasteiger partial charge < -0.3 is 15.4 Å². The maximum Gasteiger partial charge on any atom is 0.229 e. The van der Waals surface area contributed by atoms with Crippen LogP contribution in [-0.4, -0.2) is 26.1 Å². The third kappa shape index (κ3) is 2.42. The molecule has 1 heterocycles. The molecule has 0 bridgehead atoms. The number of amides is 1. The Morgan fingerprint density at radius 3 is 3.00 bits per heavy atom. The van der Waals surface area contributed by atoms with Crippen molar-refractivity contribution in [3.8, 4) is 5.75 Å². The molecule has 0 radical (unpaired) electrons. The maximum absolute atomic E-state index is 12.1. The topological polar surface area (TPSA) is 50.4 Å². The largest absolute Gasteiger partial charge is 0.495 e. The molecule has 0 saturated heterocycles. The van der Waals surface area contributed by atoms with E-state index in [0.29, 0.717) is 19.0 Å². The van der Waals surface area contributed by atoms with Crippen molar-refractivity contribution >= 4 is 11.6 Å². The number of carbonyl (C=O) groups excluding carboxylic acids is 1. The minimum absolute atomic E-state index is 0.0863.